The highest BCUT2D eigenvalue weighted by Gasteiger charge is 2.17. The normalized spacial score (nSPS) is 12.6. The van der Waals surface area contributed by atoms with E-state index in [-0.39, 0.29) is 6.42 Å². The highest BCUT2D eigenvalue weighted by Crippen LogP contribution is 2.22. The van der Waals surface area contributed by atoms with E-state index < -0.39 is 29.8 Å². The molecule has 17 heavy (non-hydrogen) atoms. The molecule has 6 heteroatoms. The third kappa shape index (κ3) is 3.45. The van der Waals surface area contributed by atoms with E-state index in [2.05, 4.69) is 4.74 Å². The zero-order valence-electron chi connectivity index (χ0n) is 9.12. The van der Waals surface area contributed by atoms with Gasteiger partial charge >= 0.3 is 5.97 Å². The second kappa shape index (κ2) is 5.67. The summed E-state index contributed by atoms with van der Waals surface area (Å²) in [5.41, 5.74) is 5.16. The lowest BCUT2D eigenvalue weighted by Crippen LogP contribution is -2.33. The van der Waals surface area contributed by atoms with Crippen molar-refractivity contribution in [1.29, 1.82) is 0 Å². The summed E-state index contributed by atoms with van der Waals surface area (Å²) in [6, 6.07) is 2.31. The molecule has 0 saturated heterocycles. The number of nitrogens with two attached hydrogens (primary N) is 1. The molecule has 1 aromatic rings. The number of carbonyl (C=O) groups excluding carboxylic acids is 1. The van der Waals surface area contributed by atoms with Gasteiger partial charge in [-0.25, -0.2) is 13.2 Å². The summed E-state index contributed by atoms with van der Waals surface area (Å²) >= 11 is 0. The quantitative estimate of drug-likeness (QED) is 0.825. The summed E-state index contributed by atoms with van der Waals surface area (Å²) in [5, 5.41) is 0. The molecule has 0 aromatic heterocycles. The average Bonchev–Trinajstić information content (AvgIpc) is 2.27. The summed E-state index contributed by atoms with van der Waals surface area (Å²) in [6.45, 7) is 0. The molecule has 0 radical (unpaired) electrons. The first kappa shape index (κ1) is 13.5. The fourth-order valence-electron chi connectivity index (χ4n) is 1.36. The molecule has 0 unspecified atom stereocenters. The number of hydrogen-bond acceptors (Lipinski definition) is 3. The van der Waals surface area contributed by atoms with Gasteiger partial charge in [0.25, 0.3) is 6.43 Å². The lowest BCUT2D eigenvalue weighted by Gasteiger charge is -2.10. The van der Waals surface area contributed by atoms with Gasteiger partial charge in [-0.15, -0.1) is 0 Å². The van der Waals surface area contributed by atoms with Gasteiger partial charge in [-0.2, -0.15) is 0 Å². The molecule has 0 aliphatic carbocycles. The Labute approximate surface area is 96.4 Å². The van der Waals surface area contributed by atoms with E-state index in [4.69, 9.17) is 5.73 Å². The number of halogens is 3. The predicted octanol–water partition coefficient (Wildman–Crippen LogP) is 1.81. The van der Waals surface area contributed by atoms with E-state index in [1.165, 1.54) is 13.2 Å². The average molecular weight is 247 g/mol. The lowest BCUT2D eigenvalue weighted by molar-refractivity contribution is -0.142. The molecule has 0 saturated carbocycles. The summed E-state index contributed by atoms with van der Waals surface area (Å²) in [6.07, 6.45) is -2.83. The lowest BCUT2D eigenvalue weighted by atomic mass is 10.0. The van der Waals surface area contributed by atoms with Crippen LogP contribution in [0.5, 0.6) is 0 Å². The number of benzene rings is 1. The smallest absolute Gasteiger partial charge is 0.322 e. The summed E-state index contributed by atoms with van der Waals surface area (Å²) in [4.78, 5) is 11.0. The van der Waals surface area contributed by atoms with E-state index in [0.717, 1.165) is 12.1 Å². The number of carbonyl (C=O) groups is 1. The van der Waals surface area contributed by atoms with Crippen molar-refractivity contribution in [2.75, 3.05) is 7.11 Å². The Morgan fingerprint density at radius 1 is 1.47 bits per heavy atom. The van der Waals surface area contributed by atoms with Crippen LogP contribution in [-0.2, 0) is 16.0 Å². The van der Waals surface area contributed by atoms with E-state index in [0.29, 0.717) is 5.56 Å². The van der Waals surface area contributed by atoms with Gasteiger partial charge in [0, 0.05) is 0 Å². The molecule has 2 N–H and O–H groups in total. The van der Waals surface area contributed by atoms with Crippen LogP contribution in [0, 0.1) is 5.82 Å². The number of esters is 1. The van der Waals surface area contributed by atoms with Gasteiger partial charge in [-0.3, -0.25) is 4.79 Å². The molecule has 0 aliphatic heterocycles. The molecular weight excluding hydrogens is 235 g/mol. The number of rotatable bonds is 4. The van der Waals surface area contributed by atoms with Crippen LogP contribution in [0.2, 0.25) is 0 Å². The maximum absolute atomic E-state index is 13.2. The molecule has 0 heterocycles. The summed E-state index contributed by atoms with van der Waals surface area (Å²) < 4.78 is 42.1. The minimum absolute atomic E-state index is 0.0348. The summed E-state index contributed by atoms with van der Waals surface area (Å²) in [7, 11) is 1.18. The number of ether oxygens (including phenoxy) is 1. The van der Waals surface area contributed by atoms with Crippen molar-refractivity contribution in [3.63, 3.8) is 0 Å². The van der Waals surface area contributed by atoms with Crippen LogP contribution in [0.15, 0.2) is 18.2 Å². The maximum Gasteiger partial charge on any atom is 0.322 e. The van der Waals surface area contributed by atoms with Crippen LogP contribution in [0.25, 0.3) is 0 Å². The first-order valence-corrected chi connectivity index (χ1v) is 4.85. The van der Waals surface area contributed by atoms with Crippen molar-refractivity contribution >= 4 is 5.97 Å². The third-order valence-electron chi connectivity index (χ3n) is 2.26. The molecule has 0 bridgehead atoms. The molecule has 3 nitrogen and oxygen atoms in total. The predicted molar refractivity (Wildman–Crippen MR) is 55.1 cm³/mol. The highest BCUT2D eigenvalue weighted by molar-refractivity contribution is 5.75. The van der Waals surface area contributed by atoms with E-state index in [1.54, 1.807) is 0 Å². The molecule has 0 spiro atoms. The van der Waals surface area contributed by atoms with Gasteiger partial charge in [-0.1, -0.05) is 12.1 Å². The number of alkyl halides is 2. The second-order valence-corrected chi connectivity index (χ2v) is 3.49. The molecule has 0 fully saturated rings. The molecule has 0 amide bonds. The zero-order valence-corrected chi connectivity index (χ0v) is 9.12. The van der Waals surface area contributed by atoms with E-state index in [1.807, 2.05) is 0 Å². The minimum atomic E-state index is -2.86. The van der Waals surface area contributed by atoms with Gasteiger partial charge in [0.15, 0.2) is 0 Å². The molecule has 1 rings (SSSR count). The molecular formula is C11H12F3NO2. The van der Waals surface area contributed by atoms with Crippen LogP contribution in [0.3, 0.4) is 0 Å². The van der Waals surface area contributed by atoms with Gasteiger partial charge in [0.1, 0.15) is 11.9 Å². The first-order chi connectivity index (χ1) is 7.95. The minimum Gasteiger partial charge on any atom is -0.468 e. The topological polar surface area (TPSA) is 52.3 Å². The van der Waals surface area contributed by atoms with Crippen LogP contribution in [0.1, 0.15) is 17.6 Å². The van der Waals surface area contributed by atoms with Crippen molar-refractivity contribution in [2.24, 2.45) is 5.73 Å². The standard InChI is InChI=1S/C11H12F3NO2/c1-17-11(16)9(15)5-6-2-3-7(10(13)14)8(12)4-6/h2-4,9-10H,5,15H2,1H3/t9-/m1/s1. The van der Waals surface area contributed by atoms with Crippen LogP contribution in [-0.4, -0.2) is 19.1 Å². The fraction of sp³-hybridized carbons (Fsp3) is 0.364. The van der Waals surface area contributed by atoms with Gasteiger partial charge < -0.3 is 10.5 Å². The monoisotopic (exact) mass is 247 g/mol. The zero-order chi connectivity index (χ0) is 13.0. The van der Waals surface area contributed by atoms with E-state index in [9.17, 15) is 18.0 Å². The molecule has 94 valence electrons. The molecule has 0 aliphatic rings. The highest BCUT2D eigenvalue weighted by atomic mass is 19.3. The molecule has 1 atom stereocenters. The number of methoxy groups -OCH3 is 1. The Bertz CT molecular complexity index is 410. The largest absolute Gasteiger partial charge is 0.468 e. The van der Waals surface area contributed by atoms with Crippen molar-refractivity contribution < 1.29 is 22.7 Å². The van der Waals surface area contributed by atoms with E-state index >= 15 is 0 Å². The van der Waals surface area contributed by atoms with Gasteiger partial charge in [0.05, 0.1) is 12.7 Å². The van der Waals surface area contributed by atoms with Crippen molar-refractivity contribution in [3.8, 4) is 0 Å². The van der Waals surface area contributed by atoms with Crippen molar-refractivity contribution in [3.05, 3.63) is 35.1 Å². The fourth-order valence-corrected chi connectivity index (χ4v) is 1.36. The Morgan fingerprint density at radius 3 is 2.59 bits per heavy atom. The van der Waals surface area contributed by atoms with Gasteiger partial charge in [0.2, 0.25) is 0 Å². The Hall–Kier alpha value is -1.56. The SMILES string of the molecule is COC(=O)[C@H](N)Cc1ccc(C(F)F)c(F)c1. The molecule has 1 aromatic carbocycles. The van der Waals surface area contributed by atoms with Crippen LogP contribution >= 0.6 is 0 Å². The first-order valence-electron chi connectivity index (χ1n) is 4.85. The Kier molecular flexibility index (Phi) is 4.51. The number of hydrogen-bond donors (Lipinski definition) is 1. The second-order valence-electron chi connectivity index (χ2n) is 3.49. The van der Waals surface area contributed by atoms with Crippen LogP contribution < -0.4 is 5.73 Å². The Balaban J connectivity index is 2.81. The van der Waals surface area contributed by atoms with Crippen molar-refractivity contribution in [1.82, 2.24) is 0 Å². The maximum atomic E-state index is 13.2. The van der Waals surface area contributed by atoms with Crippen molar-refractivity contribution in [2.45, 2.75) is 18.9 Å². The third-order valence-corrected chi connectivity index (χ3v) is 2.26. The summed E-state index contributed by atoms with van der Waals surface area (Å²) in [5.74, 6) is -1.64. The van der Waals surface area contributed by atoms with Gasteiger partial charge in [-0.05, 0) is 18.1 Å². The van der Waals surface area contributed by atoms with Crippen LogP contribution in [0.4, 0.5) is 13.2 Å². The Morgan fingerprint density at radius 2 is 2.12 bits per heavy atom.